The third kappa shape index (κ3) is 6.32. The molecule has 0 fully saturated rings. The van der Waals surface area contributed by atoms with Crippen LogP contribution in [-0.2, 0) is 16.1 Å². The van der Waals surface area contributed by atoms with E-state index in [1.165, 1.54) is 11.0 Å². The summed E-state index contributed by atoms with van der Waals surface area (Å²) in [4.78, 5) is 28.1. The lowest BCUT2D eigenvalue weighted by atomic mass is 10.2. The molecule has 150 valence electrons. The number of anilines is 1. The van der Waals surface area contributed by atoms with Gasteiger partial charge in [-0.05, 0) is 44.7 Å². The van der Waals surface area contributed by atoms with E-state index in [4.69, 9.17) is 11.6 Å². The molecule has 2 aromatic rings. The van der Waals surface area contributed by atoms with Gasteiger partial charge in [-0.25, -0.2) is 4.39 Å². The van der Waals surface area contributed by atoms with E-state index in [2.05, 4.69) is 5.32 Å². The monoisotopic (exact) mass is 405 g/mol. The van der Waals surface area contributed by atoms with Crippen molar-refractivity contribution in [3.8, 4) is 0 Å². The number of likely N-dealkylation sites (N-methyl/N-ethyl adjacent to an activating group) is 2. The quantitative estimate of drug-likeness (QED) is 0.728. The number of nitrogens with zero attached hydrogens (tertiary/aromatic N) is 2. The van der Waals surface area contributed by atoms with Gasteiger partial charge in [0, 0.05) is 29.4 Å². The van der Waals surface area contributed by atoms with Gasteiger partial charge in [-0.1, -0.05) is 35.9 Å². The largest absolute Gasteiger partial charge is 0.333 e. The van der Waals surface area contributed by atoms with Crippen molar-refractivity contribution in [3.05, 3.63) is 64.4 Å². The average Bonchev–Trinajstić information content (AvgIpc) is 2.64. The Morgan fingerprint density at radius 2 is 1.86 bits per heavy atom. The van der Waals surface area contributed by atoms with Crippen molar-refractivity contribution in [2.45, 2.75) is 20.4 Å². The molecule has 0 saturated carbocycles. The third-order valence-corrected chi connectivity index (χ3v) is 4.58. The van der Waals surface area contributed by atoms with Crippen molar-refractivity contribution < 1.29 is 14.0 Å². The first-order chi connectivity index (χ1) is 13.3. The Hall–Kier alpha value is -2.44. The summed E-state index contributed by atoms with van der Waals surface area (Å²) in [6.07, 6.45) is 0. The summed E-state index contributed by atoms with van der Waals surface area (Å²) in [5.74, 6) is -0.790. The Kier molecular flexibility index (Phi) is 7.96. The summed E-state index contributed by atoms with van der Waals surface area (Å²) in [5.41, 5.74) is 2.03. The van der Waals surface area contributed by atoms with Crippen LogP contribution >= 0.6 is 11.6 Å². The van der Waals surface area contributed by atoms with E-state index in [0.29, 0.717) is 29.4 Å². The van der Waals surface area contributed by atoms with Gasteiger partial charge in [0.1, 0.15) is 5.82 Å². The van der Waals surface area contributed by atoms with Crippen molar-refractivity contribution in [1.29, 1.82) is 0 Å². The Bertz CT molecular complexity index is 844. The fourth-order valence-corrected chi connectivity index (χ4v) is 2.94. The normalized spacial score (nSPS) is 10.8. The van der Waals surface area contributed by atoms with Gasteiger partial charge >= 0.3 is 0 Å². The second-order valence-corrected chi connectivity index (χ2v) is 7.12. The van der Waals surface area contributed by atoms with Crippen molar-refractivity contribution in [1.82, 2.24) is 9.80 Å². The SMILES string of the molecule is CCN(CC(=O)Nc1cc(Cl)ccc1C)C(=O)CN(C)Cc1ccccc1F. The standard InChI is InChI=1S/C21H25ClFN3O2/c1-4-26(13-20(27)24-19-11-17(22)10-9-15(19)2)21(28)14-25(3)12-16-7-5-6-8-18(16)23/h5-11H,4,12-14H2,1-3H3,(H,24,27). The fourth-order valence-electron chi connectivity index (χ4n) is 2.77. The summed E-state index contributed by atoms with van der Waals surface area (Å²) >= 11 is 5.97. The van der Waals surface area contributed by atoms with E-state index in [9.17, 15) is 14.0 Å². The molecule has 1 N–H and O–H groups in total. The van der Waals surface area contributed by atoms with E-state index >= 15 is 0 Å². The highest BCUT2D eigenvalue weighted by molar-refractivity contribution is 6.31. The van der Waals surface area contributed by atoms with E-state index in [0.717, 1.165) is 5.56 Å². The van der Waals surface area contributed by atoms with Crippen LogP contribution in [0, 0.1) is 12.7 Å². The van der Waals surface area contributed by atoms with Crippen molar-refractivity contribution in [2.75, 3.05) is 32.0 Å². The van der Waals surface area contributed by atoms with Gasteiger partial charge in [0.25, 0.3) is 0 Å². The zero-order valence-corrected chi connectivity index (χ0v) is 17.1. The second-order valence-electron chi connectivity index (χ2n) is 6.68. The van der Waals surface area contributed by atoms with Crippen LogP contribution in [-0.4, -0.2) is 48.3 Å². The predicted octanol–water partition coefficient (Wildman–Crippen LogP) is 3.71. The van der Waals surface area contributed by atoms with Gasteiger partial charge in [-0.3, -0.25) is 14.5 Å². The summed E-state index contributed by atoms with van der Waals surface area (Å²) < 4.78 is 13.8. The highest BCUT2D eigenvalue weighted by Gasteiger charge is 2.18. The number of aryl methyl sites for hydroxylation is 1. The molecule has 0 aliphatic carbocycles. The van der Waals surface area contributed by atoms with Gasteiger partial charge in [0.05, 0.1) is 13.1 Å². The van der Waals surface area contributed by atoms with Crippen molar-refractivity contribution >= 4 is 29.1 Å². The van der Waals surface area contributed by atoms with Gasteiger partial charge in [0.2, 0.25) is 11.8 Å². The maximum absolute atomic E-state index is 13.8. The highest BCUT2D eigenvalue weighted by Crippen LogP contribution is 2.20. The first-order valence-corrected chi connectivity index (χ1v) is 9.43. The summed E-state index contributed by atoms with van der Waals surface area (Å²) in [6, 6.07) is 11.7. The van der Waals surface area contributed by atoms with E-state index in [1.54, 1.807) is 42.3 Å². The Morgan fingerprint density at radius 3 is 2.54 bits per heavy atom. The van der Waals surface area contributed by atoms with Crippen LogP contribution in [0.3, 0.4) is 0 Å². The summed E-state index contributed by atoms with van der Waals surface area (Å²) in [6.45, 7) is 4.41. The van der Waals surface area contributed by atoms with Crippen LogP contribution in [0.1, 0.15) is 18.1 Å². The number of carbonyl (C=O) groups is 2. The van der Waals surface area contributed by atoms with Gasteiger partial charge < -0.3 is 10.2 Å². The Morgan fingerprint density at radius 1 is 1.14 bits per heavy atom. The molecule has 0 radical (unpaired) electrons. The molecule has 0 aliphatic heterocycles. The molecule has 5 nitrogen and oxygen atoms in total. The fraction of sp³-hybridized carbons (Fsp3) is 0.333. The van der Waals surface area contributed by atoms with Crippen LogP contribution in [0.5, 0.6) is 0 Å². The molecule has 0 aliphatic rings. The third-order valence-electron chi connectivity index (χ3n) is 4.35. The Labute approximate surface area is 170 Å². The number of hydrogen-bond acceptors (Lipinski definition) is 3. The molecule has 2 amide bonds. The topological polar surface area (TPSA) is 52.7 Å². The number of hydrogen-bond donors (Lipinski definition) is 1. The van der Waals surface area contributed by atoms with E-state index < -0.39 is 0 Å². The number of benzene rings is 2. The molecular weight excluding hydrogens is 381 g/mol. The maximum Gasteiger partial charge on any atom is 0.244 e. The lowest BCUT2D eigenvalue weighted by Gasteiger charge is -2.24. The molecule has 0 bridgehead atoms. The molecule has 0 atom stereocenters. The molecule has 0 heterocycles. The molecule has 0 saturated heterocycles. The lowest BCUT2D eigenvalue weighted by molar-refractivity contribution is -0.135. The van der Waals surface area contributed by atoms with E-state index in [1.807, 2.05) is 19.9 Å². The van der Waals surface area contributed by atoms with E-state index in [-0.39, 0.29) is 30.7 Å². The maximum atomic E-state index is 13.8. The Balaban J connectivity index is 1.92. The van der Waals surface area contributed by atoms with Crippen LogP contribution < -0.4 is 5.32 Å². The number of amides is 2. The zero-order chi connectivity index (χ0) is 20.7. The van der Waals surface area contributed by atoms with Crippen LogP contribution in [0.4, 0.5) is 10.1 Å². The zero-order valence-electron chi connectivity index (χ0n) is 16.3. The highest BCUT2D eigenvalue weighted by atomic mass is 35.5. The van der Waals surface area contributed by atoms with Crippen molar-refractivity contribution in [2.24, 2.45) is 0 Å². The molecule has 0 spiro atoms. The number of carbonyl (C=O) groups excluding carboxylic acids is 2. The second kappa shape index (κ2) is 10.2. The molecule has 0 unspecified atom stereocenters. The number of rotatable bonds is 8. The van der Waals surface area contributed by atoms with Gasteiger partial charge in [-0.15, -0.1) is 0 Å². The summed E-state index contributed by atoms with van der Waals surface area (Å²) in [7, 11) is 1.74. The van der Waals surface area contributed by atoms with Crippen LogP contribution in [0.2, 0.25) is 5.02 Å². The molecule has 7 heteroatoms. The number of nitrogens with one attached hydrogen (secondary N) is 1. The van der Waals surface area contributed by atoms with Crippen molar-refractivity contribution in [3.63, 3.8) is 0 Å². The molecule has 2 aromatic carbocycles. The average molecular weight is 406 g/mol. The molecule has 2 rings (SSSR count). The minimum absolute atomic E-state index is 0.0607. The van der Waals surface area contributed by atoms with Crippen LogP contribution in [0.15, 0.2) is 42.5 Å². The first-order valence-electron chi connectivity index (χ1n) is 9.06. The first kappa shape index (κ1) is 21.9. The van der Waals surface area contributed by atoms with Crippen LogP contribution in [0.25, 0.3) is 0 Å². The lowest BCUT2D eigenvalue weighted by Crippen LogP contribution is -2.42. The smallest absolute Gasteiger partial charge is 0.244 e. The minimum Gasteiger partial charge on any atom is -0.333 e. The minimum atomic E-state index is -0.301. The van der Waals surface area contributed by atoms with Gasteiger partial charge in [-0.2, -0.15) is 0 Å². The van der Waals surface area contributed by atoms with Gasteiger partial charge in [0.15, 0.2) is 0 Å². The molecule has 28 heavy (non-hydrogen) atoms. The summed E-state index contributed by atoms with van der Waals surface area (Å²) in [5, 5.41) is 3.32. The number of halogens is 2. The predicted molar refractivity (Wildman–Crippen MR) is 110 cm³/mol. The molecule has 0 aromatic heterocycles. The molecular formula is C21H25ClFN3O2.